The van der Waals surface area contributed by atoms with Gasteiger partial charge in [0.05, 0.1) is 11.0 Å². The van der Waals surface area contributed by atoms with Crippen molar-refractivity contribution in [3.8, 4) is 0 Å². The van der Waals surface area contributed by atoms with E-state index < -0.39 is 5.92 Å². The van der Waals surface area contributed by atoms with Crippen LogP contribution < -0.4 is 5.73 Å². The van der Waals surface area contributed by atoms with E-state index in [-0.39, 0.29) is 43.6 Å². The minimum atomic E-state index is -2.60. The summed E-state index contributed by atoms with van der Waals surface area (Å²) in [6.45, 7) is 0.647. The molecule has 1 heterocycles. The lowest BCUT2D eigenvalue weighted by atomic mass is 9.85. The fraction of sp³-hybridized carbons (Fsp3) is 0.846. The summed E-state index contributed by atoms with van der Waals surface area (Å²) in [5.74, 6) is -2.91. The van der Waals surface area contributed by atoms with Crippen molar-refractivity contribution < 1.29 is 13.6 Å². The number of nitrogens with two attached hydrogens (primary N) is 1. The first kappa shape index (κ1) is 14.6. The number of likely N-dealkylation sites (tertiary alicyclic amines) is 1. The maximum Gasteiger partial charge on any atom is 0.248 e. The lowest BCUT2D eigenvalue weighted by Crippen LogP contribution is -2.52. The van der Waals surface area contributed by atoms with Gasteiger partial charge in [0.2, 0.25) is 11.8 Å². The lowest BCUT2D eigenvalue weighted by molar-refractivity contribution is -0.141. The van der Waals surface area contributed by atoms with Gasteiger partial charge in [0.1, 0.15) is 0 Å². The molecule has 2 fully saturated rings. The zero-order chi connectivity index (χ0) is 14.0. The Bertz CT molecular complexity index is 366. The van der Waals surface area contributed by atoms with Crippen LogP contribution in [0.1, 0.15) is 44.9 Å². The molecular formula is C13H20F2N2OS. The predicted molar refractivity (Wildman–Crippen MR) is 73.0 cm³/mol. The van der Waals surface area contributed by atoms with Gasteiger partial charge in [-0.1, -0.05) is 12.2 Å². The van der Waals surface area contributed by atoms with Gasteiger partial charge in [-0.3, -0.25) is 4.79 Å². The topological polar surface area (TPSA) is 46.3 Å². The Labute approximate surface area is 117 Å². The van der Waals surface area contributed by atoms with Crippen LogP contribution in [0.3, 0.4) is 0 Å². The van der Waals surface area contributed by atoms with E-state index in [9.17, 15) is 13.6 Å². The van der Waals surface area contributed by atoms with E-state index in [1.807, 2.05) is 0 Å². The van der Waals surface area contributed by atoms with Crippen LogP contribution >= 0.6 is 12.2 Å². The maximum atomic E-state index is 13.1. The van der Waals surface area contributed by atoms with Gasteiger partial charge in [0.25, 0.3) is 0 Å². The molecule has 1 saturated heterocycles. The Morgan fingerprint density at radius 1 is 1.21 bits per heavy atom. The van der Waals surface area contributed by atoms with Crippen LogP contribution in [-0.2, 0) is 4.79 Å². The largest absolute Gasteiger partial charge is 0.392 e. The van der Waals surface area contributed by atoms with Gasteiger partial charge in [-0.15, -0.1) is 0 Å². The van der Waals surface area contributed by atoms with Crippen molar-refractivity contribution in [1.82, 2.24) is 4.90 Å². The first-order valence-electron chi connectivity index (χ1n) is 6.88. The number of rotatable bonds is 2. The predicted octanol–water partition coefficient (Wildman–Crippen LogP) is 2.48. The number of nitrogens with zero attached hydrogens (tertiary/aromatic N) is 1. The zero-order valence-corrected chi connectivity index (χ0v) is 11.7. The Balaban J connectivity index is 2.00. The summed E-state index contributed by atoms with van der Waals surface area (Å²) in [5.41, 5.74) is 5.69. The Morgan fingerprint density at radius 2 is 1.84 bits per heavy atom. The Morgan fingerprint density at radius 3 is 2.42 bits per heavy atom. The van der Waals surface area contributed by atoms with Crippen LogP contribution in [0.25, 0.3) is 0 Å². The highest BCUT2D eigenvalue weighted by molar-refractivity contribution is 7.80. The van der Waals surface area contributed by atoms with E-state index in [0.29, 0.717) is 11.5 Å². The van der Waals surface area contributed by atoms with Crippen LogP contribution in [0.15, 0.2) is 0 Å². The average Bonchev–Trinajstić information content (AvgIpc) is 2.38. The molecule has 0 spiro atoms. The molecule has 2 N–H and O–H groups in total. The van der Waals surface area contributed by atoms with Gasteiger partial charge >= 0.3 is 0 Å². The van der Waals surface area contributed by atoms with Crippen LogP contribution in [0.2, 0.25) is 0 Å². The molecule has 0 bridgehead atoms. The maximum absolute atomic E-state index is 13.1. The van der Waals surface area contributed by atoms with Gasteiger partial charge in [-0.25, -0.2) is 8.78 Å². The zero-order valence-electron chi connectivity index (χ0n) is 10.9. The summed E-state index contributed by atoms with van der Waals surface area (Å²) < 4.78 is 26.2. The van der Waals surface area contributed by atoms with Crippen molar-refractivity contribution in [1.29, 1.82) is 0 Å². The molecule has 6 heteroatoms. The highest BCUT2D eigenvalue weighted by Gasteiger charge is 2.40. The molecule has 1 aliphatic heterocycles. The highest BCUT2D eigenvalue weighted by atomic mass is 32.1. The molecular weight excluding hydrogens is 270 g/mol. The number of carbonyl (C=O) groups excluding carboxylic acids is 1. The third-order valence-electron chi connectivity index (χ3n) is 4.18. The van der Waals surface area contributed by atoms with Gasteiger partial charge in [-0.05, 0) is 32.1 Å². The Hall–Kier alpha value is -0.780. The average molecular weight is 290 g/mol. The second kappa shape index (κ2) is 5.69. The summed E-state index contributed by atoms with van der Waals surface area (Å²) in [7, 11) is 0. The van der Waals surface area contributed by atoms with Crippen molar-refractivity contribution in [2.24, 2.45) is 11.7 Å². The minimum absolute atomic E-state index is 0.0343. The number of hydrogen-bond acceptors (Lipinski definition) is 2. The molecule has 1 amide bonds. The van der Waals surface area contributed by atoms with Gasteiger partial charge in [-0.2, -0.15) is 0 Å². The van der Waals surface area contributed by atoms with E-state index in [4.69, 9.17) is 18.0 Å². The van der Waals surface area contributed by atoms with E-state index in [2.05, 4.69) is 0 Å². The summed E-state index contributed by atoms with van der Waals surface area (Å²) in [6.07, 6.45) is 2.91. The standard InChI is InChI=1S/C13H20F2N2OS/c14-13(15)6-4-9(5-7-13)12(18)17-8-2-1-3-10(17)11(16)19/h9-10H,1-8H2,(H2,16,19). The second-order valence-corrected chi connectivity index (χ2v) is 6.05. The fourth-order valence-electron chi connectivity index (χ4n) is 3.01. The number of carbonyl (C=O) groups is 1. The van der Waals surface area contributed by atoms with E-state index in [1.165, 1.54) is 0 Å². The van der Waals surface area contributed by atoms with Crippen LogP contribution in [0.5, 0.6) is 0 Å². The van der Waals surface area contributed by atoms with Crippen molar-refractivity contribution in [2.75, 3.05) is 6.54 Å². The molecule has 1 atom stereocenters. The van der Waals surface area contributed by atoms with E-state index in [0.717, 1.165) is 19.3 Å². The SMILES string of the molecule is NC(=S)C1CCCCN1C(=O)C1CCC(F)(F)CC1. The number of amides is 1. The van der Waals surface area contributed by atoms with E-state index in [1.54, 1.807) is 4.90 Å². The summed E-state index contributed by atoms with van der Waals surface area (Å²) in [4.78, 5) is 14.5. The molecule has 1 unspecified atom stereocenters. The van der Waals surface area contributed by atoms with E-state index >= 15 is 0 Å². The number of thiocarbonyl (C=S) groups is 1. The molecule has 0 radical (unpaired) electrons. The molecule has 108 valence electrons. The molecule has 19 heavy (non-hydrogen) atoms. The minimum Gasteiger partial charge on any atom is -0.392 e. The normalized spacial score (nSPS) is 28.1. The number of hydrogen-bond donors (Lipinski definition) is 1. The first-order chi connectivity index (χ1) is 8.91. The van der Waals surface area contributed by atoms with Gasteiger partial charge < -0.3 is 10.6 Å². The van der Waals surface area contributed by atoms with Crippen LogP contribution in [-0.4, -0.2) is 34.3 Å². The highest BCUT2D eigenvalue weighted by Crippen LogP contribution is 2.37. The quantitative estimate of drug-likeness (QED) is 0.795. The Kier molecular flexibility index (Phi) is 4.38. The van der Waals surface area contributed by atoms with Crippen molar-refractivity contribution >= 4 is 23.1 Å². The fourth-order valence-corrected chi connectivity index (χ4v) is 3.26. The molecule has 2 rings (SSSR count). The summed E-state index contributed by atoms with van der Waals surface area (Å²) in [6, 6.07) is -0.182. The van der Waals surface area contributed by atoms with Gasteiger partial charge in [0, 0.05) is 25.3 Å². The smallest absolute Gasteiger partial charge is 0.248 e. The molecule has 2 aliphatic rings. The third kappa shape index (κ3) is 3.41. The number of halogens is 2. The van der Waals surface area contributed by atoms with Crippen molar-refractivity contribution in [3.63, 3.8) is 0 Å². The number of alkyl halides is 2. The lowest BCUT2D eigenvalue weighted by Gasteiger charge is -2.38. The van der Waals surface area contributed by atoms with Gasteiger partial charge in [0.15, 0.2) is 0 Å². The molecule has 1 saturated carbocycles. The molecule has 0 aromatic rings. The first-order valence-corrected chi connectivity index (χ1v) is 7.29. The van der Waals surface area contributed by atoms with Crippen LogP contribution in [0, 0.1) is 5.92 Å². The van der Waals surface area contributed by atoms with Crippen LogP contribution in [0.4, 0.5) is 8.78 Å². The molecule has 0 aromatic carbocycles. The molecule has 0 aromatic heterocycles. The summed E-state index contributed by atoms with van der Waals surface area (Å²) >= 11 is 5.01. The third-order valence-corrected chi connectivity index (χ3v) is 4.45. The summed E-state index contributed by atoms with van der Waals surface area (Å²) in [5, 5.41) is 0. The van der Waals surface area contributed by atoms with Crippen molar-refractivity contribution in [2.45, 2.75) is 56.9 Å². The molecule has 1 aliphatic carbocycles. The van der Waals surface area contributed by atoms with Crippen molar-refractivity contribution in [3.05, 3.63) is 0 Å². The monoisotopic (exact) mass is 290 g/mol. The molecule has 3 nitrogen and oxygen atoms in total. The second-order valence-electron chi connectivity index (χ2n) is 5.58. The number of piperidine rings is 1.